The van der Waals surface area contributed by atoms with Crippen molar-refractivity contribution in [1.29, 1.82) is 0 Å². The number of amides is 1. The maximum absolute atomic E-state index is 11.8. The van der Waals surface area contributed by atoms with Gasteiger partial charge in [0.25, 0.3) is 5.91 Å². The standard InChI is InChI=1S/C17H17NO/c1-14(15-8-4-2-5-9-15)12-13-18-17(19)16-10-6-3-7-11-16/h2-12H,13H2,1H3,(H,18,19). The topological polar surface area (TPSA) is 29.1 Å². The van der Waals surface area contributed by atoms with E-state index in [-0.39, 0.29) is 5.91 Å². The van der Waals surface area contributed by atoms with E-state index in [2.05, 4.69) is 17.4 Å². The minimum Gasteiger partial charge on any atom is -0.349 e. The molecular weight excluding hydrogens is 234 g/mol. The minimum atomic E-state index is -0.0438. The van der Waals surface area contributed by atoms with Crippen molar-refractivity contribution in [1.82, 2.24) is 5.32 Å². The third-order valence-electron chi connectivity index (χ3n) is 2.94. The molecule has 0 radical (unpaired) electrons. The SMILES string of the molecule is CC(=CCNC(=O)c1ccccc1)c1ccccc1. The summed E-state index contributed by atoms with van der Waals surface area (Å²) in [7, 11) is 0. The maximum Gasteiger partial charge on any atom is 0.251 e. The molecule has 0 spiro atoms. The summed E-state index contributed by atoms with van der Waals surface area (Å²) >= 11 is 0. The van der Waals surface area contributed by atoms with Gasteiger partial charge in [-0.3, -0.25) is 4.79 Å². The lowest BCUT2D eigenvalue weighted by molar-refractivity contribution is 0.0958. The van der Waals surface area contributed by atoms with E-state index in [0.29, 0.717) is 12.1 Å². The third-order valence-corrected chi connectivity index (χ3v) is 2.94. The Morgan fingerprint density at radius 2 is 1.47 bits per heavy atom. The highest BCUT2D eigenvalue weighted by Gasteiger charge is 2.02. The number of carbonyl (C=O) groups excluding carboxylic acids is 1. The molecule has 0 aliphatic rings. The largest absolute Gasteiger partial charge is 0.349 e. The lowest BCUT2D eigenvalue weighted by atomic mass is 10.1. The minimum absolute atomic E-state index is 0.0438. The lowest BCUT2D eigenvalue weighted by Gasteiger charge is -2.04. The summed E-state index contributed by atoms with van der Waals surface area (Å²) in [4.78, 5) is 11.8. The van der Waals surface area contributed by atoms with Gasteiger partial charge >= 0.3 is 0 Å². The smallest absolute Gasteiger partial charge is 0.251 e. The second-order valence-electron chi connectivity index (χ2n) is 4.33. The van der Waals surface area contributed by atoms with Crippen molar-refractivity contribution >= 4 is 11.5 Å². The fourth-order valence-corrected chi connectivity index (χ4v) is 1.81. The number of carbonyl (C=O) groups is 1. The Kier molecular flexibility index (Phi) is 4.51. The molecule has 0 unspecified atom stereocenters. The Morgan fingerprint density at radius 3 is 2.05 bits per heavy atom. The highest BCUT2D eigenvalue weighted by atomic mass is 16.1. The monoisotopic (exact) mass is 251 g/mol. The molecule has 2 rings (SSSR count). The van der Waals surface area contributed by atoms with Crippen molar-refractivity contribution in [2.24, 2.45) is 0 Å². The zero-order valence-corrected chi connectivity index (χ0v) is 11.0. The normalized spacial score (nSPS) is 11.1. The van der Waals surface area contributed by atoms with E-state index in [1.54, 1.807) is 0 Å². The number of benzene rings is 2. The number of allylic oxidation sites excluding steroid dienone is 1. The fourth-order valence-electron chi connectivity index (χ4n) is 1.81. The molecule has 1 N–H and O–H groups in total. The van der Waals surface area contributed by atoms with Crippen LogP contribution in [-0.2, 0) is 0 Å². The van der Waals surface area contributed by atoms with Gasteiger partial charge in [-0.05, 0) is 30.2 Å². The van der Waals surface area contributed by atoms with Crippen LogP contribution in [0, 0.1) is 0 Å². The van der Waals surface area contributed by atoms with Gasteiger partial charge in [0.15, 0.2) is 0 Å². The van der Waals surface area contributed by atoms with Gasteiger partial charge in [-0.1, -0.05) is 54.6 Å². The number of hydrogen-bond acceptors (Lipinski definition) is 1. The number of hydrogen-bond donors (Lipinski definition) is 1. The number of rotatable bonds is 4. The van der Waals surface area contributed by atoms with Crippen molar-refractivity contribution in [3.05, 3.63) is 77.9 Å². The molecule has 2 nitrogen and oxygen atoms in total. The Bertz CT molecular complexity index is 558. The van der Waals surface area contributed by atoms with E-state index >= 15 is 0 Å². The van der Waals surface area contributed by atoms with E-state index in [1.165, 1.54) is 5.56 Å². The van der Waals surface area contributed by atoms with Gasteiger partial charge < -0.3 is 5.32 Å². The van der Waals surface area contributed by atoms with Gasteiger partial charge in [0.1, 0.15) is 0 Å². The molecule has 0 aromatic heterocycles. The average Bonchev–Trinajstić information content (AvgIpc) is 2.49. The van der Waals surface area contributed by atoms with Crippen LogP contribution in [0.5, 0.6) is 0 Å². The first-order valence-corrected chi connectivity index (χ1v) is 6.33. The number of nitrogens with one attached hydrogen (secondary N) is 1. The predicted molar refractivity (Wildman–Crippen MR) is 78.9 cm³/mol. The summed E-state index contributed by atoms with van der Waals surface area (Å²) in [5.74, 6) is -0.0438. The molecular formula is C17H17NO. The molecule has 19 heavy (non-hydrogen) atoms. The molecule has 0 atom stereocenters. The van der Waals surface area contributed by atoms with E-state index in [9.17, 15) is 4.79 Å². The zero-order valence-electron chi connectivity index (χ0n) is 11.0. The van der Waals surface area contributed by atoms with Crippen molar-refractivity contribution in [3.8, 4) is 0 Å². The summed E-state index contributed by atoms with van der Waals surface area (Å²) in [5, 5.41) is 2.88. The molecule has 1 amide bonds. The molecule has 0 heterocycles. The highest BCUT2D eigenvalue weighted by Crippen LogP contribution is 2.11. The molecule has 0 fully saturated rings. The summed E-state index contributed by atoms with van der Waals surface area (Å²) in [6, 6.07) is 19.4. The third kappa shape index (κ3) is 3.81. The van der Waals surface area contributed by atoms with Crippen molar-refractivity contribution in [2.45, 2.75) is 6.92 Å². The van der Waals surface area contributed by atoms with Crippen molar-refractivity contribution in [3.63, 3.8) is 0 Å². The lowest BCUT2D eigenvalue weighted by Crippen LogP contribution is -2.23. The van der Waals surface area contributed by atoms with E-state index in [4.69, 9.17) is 0 Å². The van der Waals surface area contributed by atoms with Crippen molar-refractivity contribution in [2.75, 3.05) is 6.54 Å². The van der Waals surface area contributed by atoms with E-state index in [0.717, 1.165) is 5.57 Å². The van der Waals surface area contributed by atoms with Crippen LogP contribution in [0.15, 0.2) is 66.7 Å². The molecule has 0 aliphatic carbocycles. The molecule has 2 aromatic rings. The molecule has 2 heteroatoms. The zero-order chi connectivity index (χ0) is 13.5. The molecule has 0 saturated heterocycles. The quantitative estimate of drug-likeness (QED) is 0.885. The van der Waals surface area contributed by atoms with Gasteiger partial charge in [0.2, 0.25) is 0 Å². The van der Waals surface area contributed by atoms with Crippen molar-refractivity contribution < 1.29 is 4.79 Å². The van der Waals surface area contributed by atoms with Gasteiger partial charge in [0, 0.05) is 12.1 Å². The van der Waals surface area contributed by atoms with Crippen LogP contribution < -0.4 is 5.32 Å². The van der Waals surface area contributed by atoms with E-state index < -0.39 is 0 Å². The summed E-state index contributed by atoms with van der Waals surface area (Å²) < 4.78 is 0. The summed E-state index contributed by atoms with van der Waals surface area (Å²) in [5.41, 5.74) is 3.03. The Labute approximate surface area is 113 Å². The summed E-state index contributed by atoms with van der Waals surface area (Å²) in [6.45, 7) is 2.58. The fraction of sp³-hybridized carbons (Fsp3) is 0.118. The molecule has 0 bridgehead atoms. The van der Waals surface area contributed by atoms with Gasteiger partial charge in [-0.2, -0.15) is 0 Å². The first-order valence-electron chi connectivity index (χ1n) is 6.33. The molecule has 0 saturated carbocycles. The Morgan fingerprint density at radius 1 is 0.947 bits per heavy atom. The molecule has 96 valence electrons. The first-order chi connectivity index (χ1) is 9.27. The van der Waals surface area contributed by atoms with Crippen LogP contribution >= 0.6 is 0 Å². The van der Waals surface area contributed by atoms with Gasteiger partial charge in [-0.15, -0.1) is 0 Å². The maximum atomic E-state index is 11.8. The van der Waals surface area contributed by atoms with E-state index in [1.807, 2.05) is 61.5 Å². The van der Waals surface area contributed by atoms with Gasteiger partial charge in [-0.25, -0.2) is 0 Å². The average molecular weight is 251 g/mol. The Hall–Kier alpha value is -2.35. The highest BCUT2D eigenvalue weighted by molar-refractivity contribution is 5.94. The predicted octanol–water partition coefficient (Wildman–Crippen LogP) is 3.52. The Balaban J connectivity index is 1.92. The molecule has 2 aromatic carbocycles. The second-order valence-corrected chi connectivity index (χ2v) is 4.33. The second kappa shape index (κ2) is 6.55. The van der Waals surface area contributed by atoms with Gasteiger partial charge in [0.05, 0.1) is 0 Å². The van der Waals surface area contributed by atoms with Crippen LogP contribution in [0.4, 0.5) is 0 Å². The van der Waals surface area contributed by atoms with Crippen LogP contribution in [0.1, 0.15) is 22.8 Å². The molecule has 0 aliphatic heterocycles. The first kappa shape index (κ1) is 13.1. The van der Waals surface area contributed by atoms with Crippen LogP contribution in [0.2, 0.25) is 0 Å². The summed E-state index contributed by atoms with van der Waals surface area (Å²) in [6.07, 6.45) is 2.02. The van der Waals surface area contributed by atoms with Crippen LogP contribution in [0.3, 0.4) is 0 Å². The van der Waals surface area contributed by atoms with Crippen LogP contribution in [-0.4, -0.2) is 12.5 Å². The van der Waals surface area contributed by atoms with Crippen LogP contribution in [0.25, 0.3) is 5.57 Å².